The van der Waals surface area contributed by atoms with Gasteiger partial charge in [-0.2, -0.15) is 10.2 Å². The van der Waals surface area contributed by atoms with Crippen LogP contribution in [0.3, 0.4) is 0 Å². The van der Waals surface area contributed by atoms with Gasteiger partial charge in [0.1, 0.15) is 5.82 Å². The van der Waals surface area contributed by atoms with Crippen LogP contribution in [-0.4, -0.2) is 24.8 Å². The highest BCUT2D eigenvalue weighted by Gasteiger charge is 2.02. The van der Waals surface area contributed by atoms with Crippen molar-refractivity contribution in [1.29, 1.82) is 0 Å². The number of halogens is 1. The molecule has 0 saturated carbocycles. The standard InChI is InChI=1S/C16H18FN3O/c1-2-20(11-12-21)16-9-7-15(8-10-16)19-18-14-5-3-13(17)4-6-14/h3-10,21H,2,11-12H2,1H3/b19-18+. The molecule has 21 heavy (non-hydrogen) atoms. The number of benzene rings is 2. The highest BCUT2D eigenvalue weighted by Crippen LogP contribution is 2.22. The molecule has 2 aromatic carbocycles. The van der Waals surface area contributed by atoms with Crippen molar-refractivity contribution in [1.82, 2.24) is 0 Å². The Morgan fingerprint density at radius 2 is 1.48 bits per heavy atom. The largest absolute Gasteiger partial charge is 0.395 e. The summed E-state index contributed by atoms with van der Waals surface area (Å²) >= 11 is 0. The van der Waals surface area contributed by atoms with E-state index in [4.69, 9.17) is 5.11 Å². The summed E-state index contributed by atoms with van der Waals surface area (Å²) < 4.78 is 12.8. The third-order valence-electron chi connectivity index (χ3n) is 3.07. The number of aliphatic hydroxyl groups excluding tert-OH is 1. The average molecular weight is 287 g/mol. The van der Waals surface area contributed by atoms with Crippen LogP contribution in [0.2, 0.25) is 0 Å². The van der Waals surface area contributed by atoms with Crippen molar-refractivity contribution in [3.05, 3.63) is 54.3 Å². The predicted octanol–water partition coefficient (Wildman–Crippen LogP) is 4.06. The first-order chi connectivity index (χ1) is 10.2. The van der Waals surface area contributed by atoms with Gasteiger partial charge in [-0.1, -0.05) is 0 Å². The summed E-state index contributed by atoms with van der Waals surface area (Å²) in [4.78, 5) is 2.07. The molecule has 4 nitrogen and oxygen atoms in total. The van der Waals surface area contributed by atoms with E-state index in [1.165, 1.54) is 12.1 Å². The molecule has 5 heteroatoms. The molecule has 0 aliphatic carbocycles. The van der Waals surface area contributed by atoms with Crippen molar-refractivity contribution < 1.29 is 9.50 Å². The van der Waals surface area contributed by atoms with Gasteiger partial charge >= 0.3 is 0 Å². The maximum atomic E-state index is 12.8. The molecule has 0 spiro atoms. The second kappa shape index (κ2) is 7.50. The van der Waals surface area contributed by atoms with Crippen LogP contribution in [-0.2, 0) is 0 Å². The number of rotatable bonds is 6. The molecule has 0 radical (unpaired) electrons. The molecule has 0 amide bonds. The lowest BCUT2D eigenvalue weighted by Crippen LogP contribution is -2.25. The minimum absolute atomic E-state index is 0.125. The van der Waals surface area contributed by atoms with Crippen molar-refractivity contribution in [2.75, 3.05) is 24.6 Å². The second-order valence-electron chi connectivity index (χ2n) is 4.50. The maximum absolute atomic E-state index is 12.8. The number of hydrogen-bond acceptors (Lipinski definition) is 4. The van der Waals surface area contributed by atoms with E-state index >= 15 is 0 Å². The Morgan fingerprint density at radius 3 is 1.95 bits per heavy atom. The van der Waals surface area contributed by atoms with E-state index in [0.717, 1.165) is 17.9 Å². The van der Waals surface area contributed by atoms with Crippen LogP contribution in [0.4, 0.5) is 21.5 Å². The van der Waals surface area contributed by atoms with Gasteiger partial charge in [0.15, 0.2) is 0 Å². The summed E-state index contributed by atoms with van der Waals surface area (Å²) in [5.41, 5.74) is 2.37. The van der Waals surface area contributed by atoms with Crippen LogP contribution >= 0.6 is 0 Å². The molecule has 2 rings (SSSR count). The molecule has 0 atom stereocenters. The average Bonchev–Trinajstić information content (AvgIpc) is 2.53. The van der Waals surface area contributed by atoms with Gasteiger partial charge in [-0.05, 0) is 55.5 Å². The predicted molar refractivity (Wildman–Crippen MR) is 82.0 cm³/mol. The Morgan fingerprint density at radius 1 is 0.952 bits per heavy atom. The van der Waals surface area contributed by atoms with Crippen molar-refractivity contribution in [3.63, 3.8) is 0 Å². The minimum atomic E-state index is -0.290. The fourth-order valence-corrected chi connectivity index (χ4v) is 1.94. The van der Waals surface area contributed by atoms with Crippen LogP contribution in [0.5, 0.6) is 0 Å². The van der Waals surface area contributed by atoms with Crippen molar-refractivity contribution in [2.24, 2.45) is 10.2 Å². The number of hydrogen-bond donors (Lipinski definition) is 1. The third-order valence-corrected chi connectivity index (χ3v) is 3.07. The summed E-state index contributed by atoms with van der Waals surface area (Å²) in [6.07, 6.45) is 0. The van der Waals surface area contributed by atoms with Gasteiger partial charge in [0.25, 0.3) is 0 Å². The maximum Gasteiger partial charge on any atom is 0.123 e. The Balaban J connectivity index is 2.06. The lowest BCUT2D eigenvalue weighted by Gasteiger charge is -2.21. The Bertz CT molecular complexity index is 581. The Labute approximate surface area is 123 Å². The molecule has 0 unspecified atom stereocenters. The van der Waals surface area contributed by atoms with Gasteiger partial charge < -0.3 is 10.0 Å². The number of nitrogens with zero attached hydrogens (tertiary/aromatic N) is 3. The highest BCUT2D eigenvalue weighted by molar-refractivity contribution is 5.52. The fraction of sp³-hybridized carbons (Fsp3) is 0.250. The van der Waals surface area contributed by atoms with Gasteiger partial charge in [0.05, 0.1) is 18.0 Å². The second-order valence-corrected chi connectivity index (χ2v) is 4.50. The van der Waals surface area contributed by atoms with Crippen LogP contribution in [0.1, 0.15) is 6.92 Å². The van der Waals surface area contributed by atoms with Crippen LogP contribution in [0.25, 0.3) is 0 Å². The van der Waals surface area contributed by atoms with Crippen LogP contribution in [0, 0.1) is 5.82 Å². The van der Waals surface area contributed by atoms with E-state index < -0.39 is 0 Å². The first-order valence-electron chi connectivity index (χ1n) is 6.86. The summed E-state index contributed by atoms with van der Waals surface area (Å²) in [5, 5.41) is 17.2. The lowest BCUT2D eigenvalue weighted by atomic mass is 10.2. The van der Waals surface area contributed by atoms with Gasteiger partial charge in [0, 0.05) is 18.8 Å². The number of aliphatic hydroxyl groups is 1. The van der Waals surface area contributed by atoms with E-state index in [0.29, 0.717) is 12.2 Å². The molecule has 2 aromatic rings. The molecular weight excluding hydrogens is 269 g/mol. The summed E-state index contributed by atoms with van der Waals surface area (Å²) in [6.45, 7) is 3.60. The van der Waals surface area contributed by atoms with Gasteiger partial charge in [-0.3, -0.25) is 0 Å². The first-order valence-corrected chi connectivity index (χ1v) is 6.86. The van der Waals surface area contributed by atoms with Gasteiger partial charge in [-0.25, -0.2) is 4.39 Å². The number of azo groups is 1. The molecular formula is C16H18FN3O. The van der Waals surface area contributed by atoms with Crippen molar-refractivity contribution in [3.8, 4) is 0 Å². The first kappa shape index (κ1) is 15.1. The summed E-state index contributed by atoms with van der Waals surface area (Å²) in [7, 11) is 0. The molecule has 0 aliphatic rings. The molecule has 1 N–H and O–H groups in total. The van der Waals surface area contributed by atoms with Crippen LogP contribution < -0.4 is 4.90 Å². The highest BCUT2D eigenvalue weighted by atomic mass is 19.1. The molecule has 0 saturated heterocycles. The van der Waals surface area contributed by atoms with E-state index in [1.807, 2.05) is 31.2 Å². The van der Waals surface area contributed by atoms with E-state index in [-0.39, 0.29) is 12.4 Å². The van der Waals surface area contributed by atoms with Crippen molar-refractivity contribution in [2.45, 2.75) is 6.92 Å². The molecule has 0 aromatic heterocycles. The molecule has 0 aliphatic heterocycles. The van der Waals surface area contributed by atoms with Gasteiger partial charge in [-0.15, -0.1) is 0 Å². The quantitative estimate of drug-likeness (QED) is 0.814. The normalized spacial score (nSPS) is 11.0. The third kappa shape index (κ3) is 4.36. The zero-order valence-corrected chi connectivity index (χ0v) is 11.9. The Hall–Kier alpha value is -2.27. The molecule has 0 bridgehead atoms. The van der Waals surface area contributed by atoms with Gasteiger partial charge in [0.2, 0.25) is 0 Å². The molecule has 0 fully saturated rings. The van der Waals surface area contributed by atoms with E-state index in [2.05, 4.69) is 15.1 Å². The number of likely N-dealkylation sites (N-methyl/N-ethyl adjacent to an activating group) is 1. The smallest absolute Gasteiger partial charge is 0.123 e. The van der Waals surface area contributed by atoms with Crippen LogP contribution in [0.15, 0.2) is 58.8 Å². The fourth-order valence-electron chi connectivity index (χ4n) is 1.94. The summed E-state index contributed by atoms with van der Waals surface area (Å²) in [5.74, 6) is -0.290. The zero-order valence-electron chi connectivity index (χ0n) is 11.9. The summed E-state index contributed by atoms with van der Waals surface area (Å²) in [6, 6.07) is 13.5. The molecule has 110 valence electrons. The van der Waals surface area contributed by atoms with E-state index in [1.54, 1.807) is 12.1 Å². The molecule has 0 heterocycles. The monoisotopic (exact) mass is 287 g/mol. The van der Waals surface area contributed by atoms with Crippen molar-refractivity contribution >= 4 is 17.1 Å². The SMILES string of the molecule is CCN(CCO)c1ccc(/N=N/c2ccc(F)cc2)cc1. The topological polar surface area (TPSA) is 48.2 Å². The lowest BCUT2D eigenvalue weighted by molar-refractivity contribution is 0.302. The zero-order chi connectivity index (χ0) is 15.1. The van der Waals surface area contributed by atoms with E-state index in [9.17, 15) is 4.39 Å². The Kier molecular flexibility index (Phi) is 5.40. The minimum Gasteiger partial charge on any atom is -0.395 e. The number of anilines is 1.